The average Bonchev–Trinajstić information content (AvgIpc) is 3.29. The van der Waals surface area contributed by atoms with Crippen molar-refractivity contribution in [2.45, 2.75) is 25.3 Å². The Morgan fingerprint density at radius 2 is 1.87 bits per heavy atom. The molecule has 160 valence electrons. The van der Waals surface area contributed by atoms with Crippen LogP contribution in [-0.2, 0) is 4.79 Å². The second-order valence-corrected chi connectivity index (χ2v) is 7.29. The van der Waals surface area contributed by atoms with Crippen LogP contribution >= 0.6 is 0 Å². The number of nitrogens with one attached hydrogen (secondary N) is 2. The molecule has 0 radical (unpaired) electrons. The molecule has 1 amide bonds. The van der Waals surface area contributed by atoms with E-state index in [0.29, 0.717) is 18.8 Å². The van der Waals surface area contributed by atoms with Gasteiger partial charge in [-0.25, -0.2) is 0 Å². The number of carbonyl (C=O) groups is 1. The van der Waals surface area contributed by atoms with Crippen molar-refractivity contribution >= 4 is 17.3 Å². The topological polar surface area (TPSA) is 96.7 Å². The summed E-state index contributed by atoms with van der Waals surface area (Å²) in [4.78, 5) is 25.4. The number of hydrogen-bond acceptors (Lipinski definition) is 6. The standard InChI is InChI=1S/C22H28N4O4/c1-30-18-10-8-17(9-11-18)21(25-14-4-5-15-25)16-24-22(27)12-13-23-19-6-2-3-7-20(19)26(28)29/h2-3,6-11,21,23H,4-5,12-16H2,1H3,(H,24,27). The van der Waals surface area contributed by atoms with Crippen molar-refractivity contribution in [2.24, 2.45) is 0 Å². The fourth-order valence-electron chi connectivity index (χ4n) is 3.73. The van der Waals surface area contributed by atoms with Crippen LogP contribution in [0.5, 0.6) is 5.75 Å². The van der Waals surface area contributed by atoms with Gasteiger partial charge in [0, 0.05) is 25.6 Å². The summed E-state index contributed by atoms with van der Waals surface area (Å²) in [5.74, 6) is 0.725. The molecule has 3 rings (SSSR count). The summed E-state index contributed by atoms with van der Waals surface area (Å²) in [6, 6.07) is 14.5. The van der Waals surface area contributed by atoms with E-state index in [1.807, 2.05) is 24.3 Å². The smallest absolute Gasteiger partial charge is 0.292 e. The molecule has 1 fully saturated rings. The molecule has 8 nitrogen and oxygen atoms in total. The van der Waals surface area contributed by atoms with Gasteiger partial charge in [0.25, 0.3) is 5.69 Å². The van der Waals surface area contributed by atoms with E-state index in [0.717, 1.165) is 24.4 Å². The van der Waals surface area contributed by atoms with Crippen LogP contribution in [0.15, 0.2) is 48.5 Å². The van der Waals surface area contributed by atoms with E-state index in [4.69, 9.17) is 4.74 Å². The summed E-state index contributed by atoms with van der Waals surface area (Å²) in [6.07, 6.45) is 2.57. The first-order chi connectivity index (χ1) is 14.6. The maximum Gasteiger partial charge on any atom is 0.292 e. The van der Waals surface area contributed by atoms with Gasteiger partial charge in [0.15, 0.2) is 0 Å². The predicted octanol–water partition coefficient (Wildman–Crippen LogP) is 3.36. The third kappa shape index (κ3) is 5.70. The Morgan fingerprint density at radius 3 is 2.53 bits per heavy atom. The van der Waals surface area contributed by atoms with Crippen LogP contribution in [0.4, 0.5) is 11.4 Å². The van der Waals surface area contributed by atoms with Crippen LogP contribution in [0.2, 0.25) is 0 Å². The fourth-order valence-corrected chi connectivity index (χ4v) is 3.73. The normalized spacial score (nSPS) is 14.8. The monoisotopic (exact) mass is 412 g/mol. The number of likely N-dealkylation sites (tertiary alicyclic amines) is 1. The van der Waals surface area contributed by atoms with Crippen LogP contribution in [-0.4, -0.2) is 49.0 Å². The Balaban J connectivity index is 1.53. The SMILES string of the molecule is COc1ccc(C(CNC(=O)CCNc2ccccc2[N+](=O)[O-])N2CCCC2)cc1. The lowest BCUT2D eigenvalue weighted by molar-refractivity contribution is -0.384. The van der Waals surface area contributed by atoms with Gasteiger partial charge in [-0.2, -0.15) is 0 Å². The number of nitro benzene ring substituents is 1. The maximum atomic E-state index is 12.4. The minimum absolute atomic E-state index is 0.00603. The van der Waals surface area contributed by atoms with Gasteiger partial charge in [-0.1, -0.05) is 24.3 Å². The Morgan fingerprint density at radius 1 is 1.17 bits per heavy atom. The van der Waals surface area contributed by atoms with Crippen LogP contribution in [0, 0.1) is 10.1 Å². The number of hydrogen-bond donors (Lipinski definition) is 2. The molecule has 1 atom stereocenters. The number of para-hydroxylation sites is 2. The molecule has 1 heterocycles. The number of ether oxygens (including phenoxy) is 1. The first-order valence-electron chi connectivity index (χ1n) is 10.2. The number of methoxy groups -OCH3 is 1. The molecule has 1 saturated heterocycles. The summed E-state index contributed by atoms with van der Waals surface area (Å²) in [6.45, 7) is 2.89. The molecule has 0 saturated carbocycles. The highest BCUT2D eigenvalue weighted by Gasteiger charge is 2.24. The fraction of sp³-hybridized carbons (Fsp3) is 0.409. The molecule has 8 heteroatoms. The summed E-state index contributed by atoms with van der Waals surface area (Å²) < 4.78 is 5.24. The highest BCUT2D eigenvalue weighted by Crippen LogP contribution is 2.26. The quantitative estimate of drug-likeness (QED) is 0.459. The van der Waals surface area contributed by atoms with Crippen molar-refractivity contribution in [3.8, 4) is 5.75 Å². The molecule has 0 aromatic heterocycles. The van der Waals surface area contributed by atoms with E-state index >= 15 is 0 Å². The van der Waals surface area contributed by atoms with Gasteiger partial charge in [0.1, 0.15) is 11.4 Å². The van der Waals surface area contributed by atoms with E-state index in [1.54, 1.807) is 25.3 Å². The first kappa shape index (κ1) is 21.6. The lowest BCUT2D eigenvalue weighted by atomic mass is 10.1. The molecule has 2 aromatic carbocycles. The van der Waals surface area contributed by atoms with E-state index in [1.165, 1.54) is 18.9 Å². The Labute approximate surface area is 176 Å². The lowest BCUT2D eigenvalue weighted by Gasteiger charge is -2.28. The number of rotatable bonds is 10. The summed E-state index contributed by atoms with van der Waals surface area (Å²) in [5.41, 5.74) is 1.58. The molecule has 1 aliphatic heterocycles. The largest absolute Gasteiger partial charge is 0.497 e. The molecule has 1 aliphatic rings. The van der Waals surface area contributed by atoms with E-state index in [-0.39, 0.29) is 24.1 Å². The number of benzene rings is 2. The molecular formula is C22H28N4O4. The van der Waals surface area contributed by atoms with Crippen LogP contribution in [0.1, 0.15) is 30.9 Å². The van der Waals surface area contributed by atoms with Crippen molar-refractivity contribution in [2.75, 3.05) is 38.6 Å². The van der Waals surface area contributed by atoms with E-state index in [9.17, 15) is 14.9 Å². The zero-order valence-corrected chi connectivity index (χ0v) is 17.2. The lowest BCUT2D eigenvalue weighted by Crippen LogP contribution is -2.37. The van der Waals surface area contributed by atoms with Crippen LogP contribution in [0.3, 0.4) is 0 Å². The molecule has 0 aliphatic carbocycles. The number of amides is 1. The van der Waals surface area contributed by atoms with E-state index < -0.39 is 4.92 Å². The molecule has 2 N–H and O–H groups in total. The molecule has 2 aromatic rings. The molecule has 30 heavy (non-hydrogen) atoms. The van der Waals surface area contributed by atoms with Gasteiger partial charge >= 0.3 is 0 Å². The van der Waals surface area contributed by atoms with Crippen molar-refractivity contribution in [3.63, 3.8) is 0 Å². The van der Waals surface area contributed by atoms with E-state index in [2.05, 4.69) is 15.5 Å². The van der Waals surface area contributed by atoms with Gasteiger partial charge in [0.05, 0.1) is 18.1 Å². The van der Waals surface area contributed by atoms with Crippen LogP contribution in [0.25, 0.3) is 0 Å². The van der Waals surface area contributed by atoms with Gasteiger partial charge in [-0.05, 0) is 49.7 Å². The zero-order valence-electron chi connectivity index (χ0n) is 17.2. The third-order valence-electron chi connectivity index (χ3n) is 5.34. The summed E-state index contributed by atoms with van der Waals surface area (Å²) in [5, 5.41) is 17.1. The first-order valence-corrected chi connectivity index (χ1v) is 10.2. The second-order valence-electron chi connectivity index (χ2n) is 7.29. The summed E-state index contributed by atoms with van der Waals surface area (Å²) >= 11 is 0. The van der Waals surface area contributed by atoms with Crippen molar-refractivity contribution in [1.29, 1.82) is 0 Å². The third-order valence-corrected chi connectivity index (χ3v) is 5.34. The Bertz CT molecular complexity index is 850. The van der Waals surface area contributed by atoms with Gasteiger partial charge in [-0.3, -0.25) is 19.8 Å². The average molecular weight is 412 g/mol. The van der Waals surface area contributed by atoms with Crippen molar-refractivity contribution in [3.05, 3.63) is 64.2 Å². The molecule has 1 unspecified atom stereocenters. The number of nitrogens with zero attached hydrogens (tertiary/aromatic N) is 2. The molecular weight excluding hydrogens is 384 g/mol. The minimum Gasteiger partial charge on any atom is -0.497 e. The van der Waals surface area contributed by atoms with Gasteiger partial charge in [-0.15, -0.1) is 0 Å². The maximum absolute atomic E-state index is 12.4. The molecule has 0 spiro atoms. The molecule has 0 bridgehead atoms. The zero-order chi connectivity index (χ0) is 21.3. The second kappa shape index (κ2) is 10.6. The Hall–Kier alpha value is -3.13. The van der Waals surface area contributed by atoms with Gasteiger partial charge < -0.3 is 15.4 Å². The number of nitro groups is 1. The predicted molar refractivity (Wildman–Crippen MR) is 116 cm³/mol. The van der Waals surface area contributed by atoms with Gasteiger partial charge in [0.2, 0.25) is 5.91 Å². The van der Waals surface area contributed by atoms with Crippen molar-refractivity contribution < 1.29 is 14.5 Å². The highest BCUT2D eigenvalue weighted by molar-refractivity contribution is 5.76. The highest BCUT2D eigenvalue weighted by atomic mass is 16.6. The number of anilines is 1. The number of carbonyl (C=O) groups excluding carboxylic acids is 1. The minimum atomic E-state index is -0.433. The summed E-state index contributed by atoms with van der Waals surface area (Å²) in [7, 11) is 1.64. The van der Waals surface area contributed by atoms with Crippen LogP contribution < -0.4 is 15.4 Å². The van der Waals surface area contributed by atoms with Crippen molar-refractivity contribution in [1.82, 2.24) is 10.2 Å². The Kier molecular flexibility index (Phi) is 7.62.